The van der Waals surface area contributed by atoms with E-state index in [0.29, 0.717) is 6.04 Å². The third-order valence-electron chi connectivity index (χ3n) is 5.52. The first-order valence-electron chi connectivity index (χ1n) is 9.90. The van der Waals surface area contributed by atoms with Crippen LogP contribution in [0.3, 0.4) is 0 Å². The number of amides is 1. The topological polar surface area (TPSA) is 42.0 Å². The van der Waals surface area contributed by atoms with Gasteiger partial charge in [0.15, 0.2) is 0 Å². The molecule has 1 aromatic heterocycles. The first-order valence-corrected chi connectivity index (χ1v) is 9.90. The van der Waals surface area contributed by atoms with Gasteiger partial charge in [0, 0.05) is 22.7 Å². The molecule has 1 saturated carbocycles. The molecule has 1 heterocycles. The summed E-state index contributed by atoms with van der Waals surface area (Å²) in [4.78, 5) is 17.8. The molecular formula is C24H26N2O. The Morgan fingerprint density at radius 2 is 1.74 bits per heavy atom. The van der Waals surface area contributed by atoms with Crippen molar-refractivity contribution in [1.29, 1.82) is 0 Å². The van der Waals surface area contributed by atoms with E-state index in [1.54, 1.807) is 0 Å². The molecular weight excluding hydrogens is 332 g/mol. The normalized spacial score (nSPS) is 15.0. The summed E-state index contributed by atoms with van der Waals surface area (Å²) >= 11 is 0. The Kier molecular flexibility index (Phi) is 4.93. The van der Waals surface area contributed by atoms with Crippen molar-refractivity contribution in [3.63, 3.8) is 0 Å². The van der Waals surface area contributed by atoms with Gasteiger partial charge in [-0.05, 0) is 38.3 Å². The fourth-order valence-corrected chi connectivity index (χ4v) is 4.04. The SMILES string of the molecule is Cc1ccc(-c2cccc3c(C(=O)NC4CCCCC4)cc(C)nc23)cc1. The molecule has 138 valence electrons. The van der Waals surface area contributed by atoms with Crippen LogP contribution in [0.2, 0.25) is 0 Å². The number of benzene rings is 2. The van der Waals surface area contributed by atoms with Gasteiger partial charge in [-0.25, -0.2) is 0 Å². The summed E-state index contributed by atoms with van der Waals surface area (Å²) in [5, 5.41) is 4.18. The van der Waals surface area contributed by atoms with Crippen LogP contribution in [0.1, 0.15) is 53.7 Å². The van der Waals surface area contributed by atoms with Gasteiger partial charge in [0.05, 0.1) is 11.1 Å². The van der Waals surface area contributed by atoms with Crippen molar-refractivity contribution in [2.75, 3.05) is 0 Å². The van der Waals surface area contributed by atoms with Gasteiger partial charge < -0.3 is 5.32 Å². The van der Waals surface area contributed by atoms with Crippen molar-refractivity contribution in [1.82, 2.24) is 10.3 Å². The number of pyridine rings is 1. The van der Waals surface area contributed by atoms with Crippen LogP contribution < -0.4 is 5.32 Å². The molecule has 0 atom stereocenters. The van der Waals surface area contributed by atoms with Gasteiger partial charge in [0.25, 0.3) is 5.91 Å². The molecule has 4 rings (SSSR count). The second-order valence-electron chi connectivity index (χ2n) is 7.69. The minimum absolute atomic E-state index is 0.0263. The molecule has 0 unspecified atom stereocenters. The van der Waals surface area contributed by atoms with Crippen molar-refractivity contribution < 1.29 is 4.79 Å². The average Bonchev–Trinajstić information content (AvgIpc) is 2.68. The number of carbonyl (C=O) groups is 1. The molecule has 27 heavy (non-hydrogen) atoms. The van der Waals surface area contributed by atoms with E-state index in [1.807, 2.05) is 25.1 Å². The first kappa shape index (κ1) is 17.7. The summed E-state index contributed by atoms with van der Waals surface area (Å²) in [7, 11) is 0. The largest absolute Gasteiger partial charge is 0.349 e. The number of hydrogen-bond acceptors (Lipinski definition) is 2. The number of nitrogens with zero attached hydrogens (tertiary/aromatic N) is 1. The second kappa shape index (κ2) is 7.51. The summed E-state index contributed by atoms with van der Waals surface area (Å²) in [5.74, 6) is 0.0263. The fourth-order valence-electron chi connectivity index (χ4n) is 4.04. The maximum Gasteiger partial charge on any atom is 0.252 e. The highest BCUT2D eigenvalue weighted by molar-refractivity contribution is 6.09. The molecule has 0 aliphatic heterocycles. The zero-order valence-corrected chi connectivity index (χ0v) is 16.1. The molecule has 2 aromatic carbocycles. The average molecular weight is 358 g/mol. The lowest BCUT2D eigenvalue weighted by atomic mass is 9.94. The summed E-state index contributed by atoms with van der Waals surface area (Å²) in [6.07, 6.45) is 5.87. The van der Waals surface area contributed by atoms with E-state index in [0.717, 1.165) is 46.1 Å². The molecule has 1 N–H and O–H groups in total. The van der Waals surface area contributed by atoms with E-state index in [1.165, 1.54) is 24.8 Å². The Labute approximate surface area is 160 Å². The van der Waals surface area contributed by atoms with Gasteiger partial charge >= 0.3 is 0 Å². The molecule has 0 bridgehead atoms. The minimum Gasteiger partial charge on any atom is -0.349 e. The molecule has 0 saturated heterocycles. The number of fused-ring (bicyclic) bond motifs is 1. The summed E-state index contributed by atoms with van der Waals surface area (Å²) in [5.41, 5.74) is 5.93. The fraction of sp³-hybridized carbons (Fsp3) is 0.333. The summed E-state index contributed by atoms with van der Waals surface area (Å²) in [6.45, 7) is 4.05. The van der Waals surface area contributed by atoms with Gasteiger partial charge in [0.2, 0.25) is 0 Å². The van der Waals surface area contributed by atoms with Gasteiger partial charge in [-0.1, -0.05) is 67.3 Å². The maximum atomic E-state index is 13.0. The molecule has 1 fully saturated rings. The van der Waals surface area contributed by atoms with E-state index in [4.69, 9.17) is 4.98 Å². The van der Waals surface area contributed by atoms with Crippen LogP contribution in [-0.4, -0.2) is 16.9 Å². The lowest BCUT2D eigenvalue weighted by Crippen LogP contribution is -2.36. The minimum atomic E-state index is 0.0263. The molecule has 1 aliphatic carbocycles. The number of carbonyl (C=O) groups excluding carboxylic acids is 1. The monoisotopic (exact) mass is 358 g/mol. The van der Waals surface area contributed by atoms with Gasteiger partial charge in [-0.2, -0.15) is 0 Å². The van der Waals surface area contributed by atoms with Gasteiger partial charge in [0.1, 0.15) is 0 Å². The van der Waals surface area contributed by atoms with Crippen molar-refractivity contribution in [2.24, 2.45) is 0 Å². The lowest BCUT2D eigenvalue weighted by molar-refractivity contribution is 0.0929. The standard InChI is InChI=1S/C24H26N2O/c1-16-11-13-18(14-12-16)20-9-6-10-21-22(15-17(2)25-23(20)21)24(27)26-19-7-4-3-5-8-19/h6,9-15,19H,3-5,7-8H2,1-2H3,(H,26,27). The Hall–Kier alpha value is -2.68. The number of aryl methyl sites for hydroxylation is 2. The van der Waals surface area contributed by atoms with E-state index < -0.39 is 0 Å². The number of nitrogens with one attached hydrogen (secondary N) is 1. The van der Waals surface area contributed by atoms with E-state index in [-0.39, 0.29) is 5.91 Å². The molecule has 0 radical (unpaired) electrons. The van der Waals surface area contributed by atoms with Crippen molar-refractivity contribution in [2.45, 2.75) is 52.0 Å². The zero-order valence-electron chi connectivity index (χ0n) is 16.1. The van der Waals surface area contributed by atoms with Crippen LogP contribution in [0.4, 0.5) is 0 Å². The second-order valence-corrected chi connectivity index (χ2v) is 7.69. The van der Waals surface area contributed by atoms with Crippen LogP contribution in [0, 0.1) is 13.8 Å². The Morgan fingerprint density at radius 3 is 2.48 bits per heavy atom. The van der Waals surface area contributed by atoms with E-state index in [9.17, 15) is 4.79 Å². The number of aromatic nitrogens is 1. The molecule has 1 aliphatic rings. The van der Waals surface area contributed by atoms with E-state index in [2.05, 4.69) is 42.6 Å². The quantitative estimate of drug-likeness (QED) is 0.664. The predicted octanol–water partition coefficient (Wildman–Crippen LogP) is 5.58. The Bertz CT molecular complexity index is 970. The van der Waals surface area contributed by atoms with Crippen LogP contribution >= 0.6 is 0 Å². The molecule has 3 nitrogen and oxygen atoms in total. The lowest BCUT2D eigenvalue weighted by Gasteiger charge is -2.23. The maximum absolute atomic E-state index is 13.0. The third-order valence-corrected chi connectivity index (χ3v) is 5.52. The number of rotatable bonds is 3. The van der Waals surface area contributed by atoms with Gasteiger partial charge in [-0.15, -0.1) is 0 Å². The van der Waals surface area contributed by atoms with Gasteiger partial charge in [-0.3, -0.25) is 9.78 Å². The highest BCUT2D eigenvalue weighted by atomic mass is 16.1. The number of hydrogen-bond donors (Lipinski definition) is 1. The highest BCUT2D eigenvalue weighted by Gasteiger charge is 2.19. The molecule has 3 aromatic rings. The predicted molar refractivity (Wildman–Crippen MR) is 111 cm³/mol. The Balaban J connectivity index is 1.76. The number of para-hydroxylation sites is 1. The van der Waals surface area contributed by atoms with Crippen molar-refractivity contribution in [3.05, 3.63) is 65.4 Å². The van der Waals surface area contributed by atoms with Crippen molar-refractivity contribution >= 4 is 16.8 Å². The Morgan fingerprint density at radius 1 is 1.00 bits per heavy atom. The molecule has 0 spiro atoms. The van der Waals surface area contributed by atoms with Crippen molar-refractivity contribution in [3.8, 4) is 11.1 Å². The van der Waals surface area contributed by atoms with Crippen LogP contribution in [0.25, 0.3) is 22.0 Å². The van der Waals surface area contributed by atoms with Crippen LogP contribution in [0.5, 0.6) is 0 Å². The highest BCUT2D eigenvalue weighted by Crippen LogP contribution is 2.30. The summed E-state index contributed by atoms with van der Waals surface area (Å²) < 4.78 is 0. The third kappa shape index (κ3) is 3.73. The first-order chi connectivity index (χ1) is 13.1. The zero-order chi connectivity index (χ0) is 18.8. The molecule has 3 heteroatoms. The van der Waals surface area contributed by atoms with E-state index >= 15 is 0 Å². The summed E-state index contributed by atoms with van der Waals surface area (Å²) in [6, 6.07) is 16.8. The van der Waals surface area contributed by atoms with Crippen LogP contribution in [0.15, 0.2) is 48.5 Å². The smallest absolute Gasteiger partial charge is 0.252 e. The van der Waals surface area contributed by atoms with Crippen LogP contribution in [-0.2, 0) is 0 Å². The molecule has 1 amide bonds.